The highest BCUT2D eigenvalue weighted by molar-refractivity contribution is 6.07. The average molecular weight is 457 g/mol. The first kappa shape index (κ1) is 22.5. The van der Waals surface area contributed by atoms with Crippen molar-refractivity contribution in [3.05, 3.63) is 98.7 Å². The lowest BCUT2D eigenvalue weighted by Gasteiger charge is -2.13. The minimum atomic E-state index is -0.527. The number of urea groups is 1. The summed E-state index contributed by atoms with van der Waals surface area (Å²) in [6.07, 6.45) is 0. The Morgan fingerprint density at radius 2 is 1.62 bits per heavy atom. The van der Waals surface area contributed by atoms with Crippen molar-refractivity contribution in [3.63, 3.8) is 0 Å². The molecule has 0 atom stereocenters. The third-order valence-corrected chi connectivity index (χ3v) is 5.34. The summed E-state index contributed by atoms with van der Waals surface area (Å²) in [6.45, 7) is 3.79. The van der Waals surface area contributed by atoms with Crippen LogP contribution in [0, 0.1) is 6.92 Å². The molecule has 172 valence electrons. The van der Waals surface area contributed by atoms with Crippen LogP contribution in [0.5, 0.6) is 0 Å². The molecule has 1 aromatic heterocycles. The number of carbonyl (C=O) groups excluding carboxylic acids is 2. The van der Waals surface area contributed by atoms with Crippen LogP contribution in [0.2, 0.25) is 0 Å². The van der Waals surface area contributed by atoms with E-state index in [1.807, 2.05) is 25.1 Å². The van der Waals surface area contributed by atoms with E-state index in [-0.39, 0.29) is 17.6 Å². The lowest BCUT2D eigenvalue weighted by atomic mass is 10.1. The van der Waals surface area contributed by atoms with Crippen molar-refractivity contribution in [2.75, 3.05) is 16.0 Å². The highest BCUT2D eigenvalue weighted by Crippen LogP contribution is 2.22. The third-order valence-electron chi connectivity index (χ3n) is 5.34. The molecule has 4 N–H and O–H groups in total. The monoisotopic (exact) mass is 457 g/mol. The molecule has 9 heteroatoms. The van der Waals surface area contributed by atoms with Gasteiger partial charge in [0.15, 0.2) is 0 Å². The summed E-state index contributed by atoms with van der Waals surface area (Å²) >= 11 is 0. The molecule has 4 aromatic rings. The van der Waals surface area contributed by atoms with Crippen LogP contribution in [-0.2, 0) is 6.54 Å². The summed E-state index contributed by atoms with van der Waals surface area (Å²) in [5, 5.41) is 8.62. The number of para-hydroxylation sites is 1. The number of carbonyl (C=O) groups is 2. The fourth-order valence-corrected chi connectivity index (χ4v) is 3.53. The summed E-state index contributed by atoms with van der Waals surface area (Å²) in [5.41, 5.74) is 2.09. The van der Waals surface area contributed by atoms with E-state index in [4.69, 9.17) is 0 Å². The predicted molar refractivity (Wildman–Crippen MR) is 133 cm³/mol. The van der Waals surface area contributed by atoms with E-state index < -0.39 is 23.2 Å². The van der Waals surface area contributed by atoms with Gasteiger partial charge in [0, 0.05) is 29.2 Å². The number of hydrogen-bond acceptors (Lipinski definition) is 4. The zero-order valence-electron chi connectivity index (χ0n) is 18.6. The Balaban J connectivity index is 1.53. The van der Waals surface area contributed by atoms with Crippen LogP contribution < -0.4 is 27.2 Å². The van der Waals surface area contributed by atoms with Crippen LogP contribution in [0.25, 0.3) is 10.9 Å². The van der Waals surface area contributed by atoms with Crippen molar-refractivity contribution >= 4 is 39.9 Å². The lowest BCUT2D eigenvalue weighted by molar-refractivity contribution is 0.102. The molecule has 0 spiro atoms. The fourth-order valence-electron chi connectivity index (χ4n) is 3.53. The number of nitrogens with zero attached hydrogens (tertiary/aromatic N) is 1. The van der Waals surface area contributed by atoms with Crippen LogP contribution >= 0.6 is 0 Å². The zero-order chi connectivity index (χ0) is 24.2. The van der Waals surface area contributed by atoms with Crippen molar-refractivity contribution in [2.45, 2.75) is 20.4 Å². The van der Waals surface area contributed by atoms with Gasteiger partial charge in [-0.2, -0.15) is 0 Å². The van der Waals surface area contributed by atoms with Gasteiger partial charge in [-0.05, 0) is 61.9 Å². The van der Waals surface area contributed by atoms with Crippen LogP contribution in [0.4, 0.5) is 21.9 Å². The normalized spacial score (nSPS) is 10.6. The molecule has 0 unspecified atom stereocenters. The number of anilines is 3. The Kier molecular flexibility index (Phi) is 6.26. The second kappa shape index (κ2) is 9.45. The van der Waals surface area contributed by atoms with Gasteiger partial charge in [0.25, 0.3) is 11.5 Å². The molecule has 0 radical (unpaired) electrons. The van der Waals surface area contributed by atoms with Crippen molar-refractivity contribution in [3.8, 4) is 0 Å². The Hall–Kier alpha value is -4.66. The van der Waals surface area contributed by atoms with Gasteiger partial charge in [0.1, 0.15) is 0 Å². The van der Waals surface area contributed by atoms with Gasteiger partial charge in [-0.3, -0.25) is 14.2 Å². The second-order valence-corrected chi connectivity index (χ2v) is 7.67. The smallest absolute Gasteiger partial charge is 0.322 e. The van der Waals surface area contributed by atoms with Crippen LogP contribution in [0.1, 0.15) is 22.8 Å². The van der Waals surface area contributed by atoms with Crippen molar-refractivity contribution in [1.82, 2.24) is 9.55 Å². The molecule has 1 heterocycles. The summed E-state index contributed by atoms with van der Waals surface area (Å²) in [5.74, 6) is -0.420. The maximum Gasteiger partial charge on any atom is 0.328 e. The number of aromatic amines is 1. The molecule has 9 nitrogen and oxygen atoms in total. The van der Waals surface area contributed by atoms with Crippen molar-refractivity contribution in [2.24, 2.45) is 0 Å². The summed E-state index contributed by atoms with van der Waals surface area (Å²) in [6, 6.07) is 18.3. The first-order valence-corrected chi connectivity index (χ1v) is 10.7. The molecule has 0 aliphatic rings. The molecular weight excluding hydrogens is 434 g/mol. The minimum Gasteiger partial charge on any atom is -0.322 e. The quantitative estimate of drug-likeness (QED) is 0.362. The molecule has 0 fully saturated rings. The van der Waals surface area contributed by atoms with Gasteiger partial charge in [-0.15, -0.1) is 0 Å². The Morgan fingerprint density at radius 1 is 0.882 bits per heavy atom. The number of aryl methyl sites for hydroxylation is 1. The van der Waals surface area contributed by atoms with E-state index in [0.717, 1.165) is 10.1 Å². The molecule has 0 aliphatic carbocycles. The number of amides is 3. The number of hydrogen-bond donors (Lipinski definition) is 4. The summed E-state index contributed by atoms with van der Waals surface area (Å²) in [7, 11) is 0. The van der Waals surface area contributed by atoms with E-state index >= 15 is 0 Å². The van der Waals surface area contributed by atoms with Gasteiger partial charge >= 0.3 is 11.7 Å². The maximum absolute atomic E-state index is 12.9. The van der Waals surface area contributed by atoms with Crippen LogP contribution in [0.3, 0.4) is 0 Å². The Bertz CT molecular complexity index is 1510. The molecule has 0 bridgehead atoms. The molecule has 0 saturated heterocycles. The average Bonchev–Trinajstić information content (AvgIpc) is 2.81. The first-order chi connectivity index (χ1) is 16.4. The molecule has 0 saturated carbocycles. The lowest BCUT2D eigenvalue weighted by Crippen LogP contribution is -2.34. The SMILES string of the molecule is CCn1c(=O)[nH]c2cc(C(=O)Nc3cc(NC(=O)Nc4ccccc4)ccc3C)ccc2c1=O. The Labute approximate surface area is 194 Å². The van der Waals surface area contributed by atoms with Crippen molar-refractivity contribution in [1.29, 1.82) is 0 Å². The van der Waals surface area contributed by atoms with E-state index in [0.29, 0.717) is 22.4 Å². The minimum absolute atomic E-state index is 0.249. The number of rotatable bonds is 5. The van der Waals surface area contributed by atoms with Crippen LogP contribution in [-0.4, -0.2) is 21.5 Å². The van der Waals surface area contributed by atoms with Gasteiger partial charge in [-0.1, -0.05) is 24.3 Å². The van der Waals surface area contributed by atoms with E-state index in [1.165, 1.54) is 18.2 Å². The summed E-state index contributed by atoms with van der Waals surface area (Å²) in [4.78, 5) is 52.4. The molecule has 3 aromatic carbocycles. The van der Waals surface area contributed by atoms with Gasteiger partial charge in [0.2, 0.25) is 0 Å². The summed E-state index contributed by atoms with van der Waals surface area (Å²) < 4.78 is 1.10. The van der Waals surface area contributed by atoms with E-state index in [2.05, 4.69) is 20.9 Å². The van der Waals surface area contributed by atoms with Crippen molar-refractivity contribution < 1.29 is 9.59 Å². The maximum atomic E-state index is 12.9. The highest BCUT2D eigenvalue weighted by atomic mass is 16.2. The largest absolute Gasteiger partial charge is 0.328 e. The van der Waals surface area contributed by atoms with Gasteiger partial charge in [0.05, 0.1) is 10.9 Å². The van der Waals surface area contributed by atoms with Gasteiger partial charge in [-0.25, -0.2) is 9.59 Å². The van der Waals surface area contributed by atoms with Crippen LogP contribution in [0.15, 0.2) is 76.3 Å². The number of fused-ring (bicyclic) bond motifs is 1. The van der Waals surface area contributed by atoms with Gasteiger partial charge < -0.3 is 20.9 Å². The predicted octanol–water partition coefficient (Wildman–Crippen LogP) is 3.91. The topological polar surface area (TPSA) is 125 Å². The zero-order valence-corrected chi connectivity index (χ0v) is 18.6. The standard InChI is InChI=1S/C25H23N5O4/c1-3-30-23(32)19-12-10-16(13-21(19)29-25(30)34)22(31)28-20-14-18(11-9-15(20)2)27-24(33)26-17-7-5-4-6-8-17/h4-14H,3H2,1-2H3,(H,28,31)(H,29,34)(H2,26,27,33). The number of benzene rings is 3. The van der Waals surface area contributed by atoms with E-state index in [9.17, 15) is 19.2 Å². The number of nitrogens with one attached hydrogen (secondary N) is 4. The molecule has 4 rings (SSSR count). The number of aromatic nitrogens is 2. The molecule has 34 heavy (non-hydrogen) atoms. The van der Waals surface area contributed by atoms with E-state index in [1.54, 1.807) is 37.3 Å². The fraction of sp³-hybridized carbons (Fsp3) is 0.120. The Morgan fingerprint density at radius 3 is 2.35 bits per heavy atom. The first-order valence-electron chi connectivity index (χ1n) is 10.7. The molecule has 3 amide bonds. The number of H-pyrrole nitrogens is 1. The molecular formula is C25H23N5O4. The third kappa shape index (κ3) is 4.73. The second-order valence-electron chi connectivity index (χ2n) is 7.67. The molecule has 0 aliphatic heterocycles. The highest BCUT2D eigenvalue weighted by Gasteiger charge is 2.13.